The van der Waals surface area contributed by atoms with Crippen molar-refractivity contribution in [2.75, 3.05) is 0 Å². The van der Waals surface area contributed by atoms with Gasteiger partial charge in [0.2, 0.25) is 0 Å². The molecule has 1 fully saturated rings. The molecule has 1 heterocycles. The van der Waals surface area contributed by atoms with Gasteiger partial charge in [0.15, 0.2) is 0 Å². The SMILES string of the molecule is CC(C)n1ncc(Cl)c1C(N)CC1CCC1. The fraction of sp³-hybridized carbons (Fsp3) is 0.750. The third-order valence-corrected chi connectivity index (χ3v) is 3.73. The van der Waals surface area contributed by atoms with E-state index in [-0.39, 0.29) is 6.04 Å². The molecule has 0 aliphatic heterocycles. The van der Waals surface area contributed by atoms with Crippen LogP contribution in [0.25, 0.3) is 0 Å². The van der Waals surface area contributed by atoms with Gasteiger partial charge in [-0.3, -0.25) is 4.68 Å². The summed E-state index contributed by atoms with van der Waals surface area (Å²) < 4.78 is 1.95. The van der Waals surface area contributed by atoms with Crippen molar-refractivity contribution in [3.63, 3.8) is 0 Å². The van der Waals surface area contributed by atoms with E-state index in [4.69, 9.17) is 17.3 Å². The molecule has 2 N–H and O–H groups in total. The monoisotopic (exact) mass is 241 g/mol. The minimum atomic E-state index is 0.0303. The molecule has 0 amide bonds. The minimum Gasteiger partial charge on any atom is -0.323 e. The number of nitrogens with zero attached hydrogens (tertiary/aromatic N) is 2. The number of hydrogen-bond acceptors (Lipinski definition) is 2. The van der Waals surface area contributed by atoms with Gasteiger partial charge in [-0.1, -0.05) is 30.9 Å². The van der Waals surface area contributed by atoms with Gasteiger partial charge in [-0.15, -0.1) is 0 Å². The summed E-state index contributed by atoms with van der Waals surface area (Å²) >= 11 is 6.17. The smallest absolute Gasteiger partial charge is 0.0834 e. The van der Waals surface area contributed by atoms with E-state index in [1.807, 2.05) is 4.68 Å². The summed E-state index contributed by atoms with van der Waals surface area (Å²) in [6, 6.07) is 0.345. The van der Waals surface area contributed by atoms with E-state index in [0.29, 0.717) is 11.1 Å². The van der Waals surface area contributed by atoms with Crippen molar-refractivity contribution >= 4 is 11.6 Å². The molecule has 90 valence electrons. The average molecular weight is 242 g/mol. The molecule has 2 rings (SSSR count). The van der Waals surface area contributed by atoms with Crippen LogP contribution in [0, 0.1) is 5.92 Å². The molecule has 0 saturated heterocycles. The predicted octanol–water partition coefficient (Wildman–Crippen LogP) is 3.31. The van der Waals surface area contributed by atoms with Gasteiger partial charge in [0.1, 0.15) is 0 Å². The van der Waals surface area contributed by atoms with Crippen LogP contribution in [-0.2, 0) is 0 Å². The Bertz CT molecular complexity index is 355. The number of hydrogen-bond donors (Lipinski definition) is 1. The topological polar surface area (TPSA) is 43.8 Å². The van der Waals surface area contributed by atoms with E-state index < -0.39 is 0 Å². The van der Waals surface area contributed by atoms with E-state index in [1.165, 1.54) is 19.3 Å². The second-order valence-corrected chi connectivity index (χ2v) is 5.46. The Hall–Kier alpha value is -0.540. The fourth-order valence-corrected chi connectivity index (χ4v) is 2.58. The molecule has 1 aromatic rings. The summed E-state index contributed by atoms with van der Waals surface area (Å²) in [5, 5.41) is 5.00. The van der Waals surface area contributed by atoms with Gasteiger partial charge in [-0.25, -0.2) is 0 Å². The average Bonchev–Trinajstić information content (AvgIpc) is 2.53. The van der Waals surface area contributed by atoms with Crippen LogP contribution in [0.1, 0.15) is 57.3 Å². The van der Waals surface area contributed by atoms with Crippen LogP contribution in [0.15, 0.2) is 6.20 Å². The lowest BCUT2D eigenvalue weighted by Crippen LogP contribution is -2.23. The highest BCUT2D eigenvalue weighted by molar-refractivity contribution is 6.31. The minimum absolute atomic E-state index is 0.0303. The van der Waals surface area contributed by atoms with Crippen molar-refractivity contribution in [1.29, 1.82) is 0 Å². The first-order valence-electron chi connectivity index (χ1n) is 6.08. The standard InChI is InChI=1S/C12H20ClN3/c1-8(2)16-12(10(13)7-15-16)11(14)6-9-4-3-5-9/h7-9,11H,3-6,14H2,1-2H3. The Labute approximate surface area is 102 Å². The van der Waals surface area contributed by atoms with Crippen LogP contribution in [0.5, 0.6) is 0 Å². The number of halogens is 1. The van der Waals surface area contributed by atoms with Crippen LogP contribution in [0.2, 0.25) is 5.02 Å². The van der Waals surface area contributed by atoms with Crippen LogP contribution >= 0.6 is 11.6 Å². The number of aromatic nitrogens is 2. The molecule has 0 radical (unpaired) electrons. The fourth-order valence-electron chi connectivity index (χ4n) is 2.31. The van der Waals surface area contributed by atoms with Gasteiger partial charge in [0, 0.05) is 12.1 Å². The van der Waals surface area contributed by atoms with Gasteiger partial charge in [0.25, 0.3) is 0 Å². The van der Waals surface area contributed by atoms with Crippen molar-refractivity contribution < 1.29 is 0 Å². The lowest BCUT2D eigenvalue weighted by atomic mass is 9.80. The second kappa shape index (κ2) is 4.76. The quantitative estimate of drug-likeness (QED) is 0.879. The molecule has 1 atom stereocenters. The van der Waals surface area contributed by atoms with Crippen molar-refractivity contribution in [2.45, 2.75) is 51.6 Å². The molecule has 3 nitrogen and oxygen atoms in total. The van der Waals surface area contributed by atoms with Gasteiger partial charge in [-0.05, 0) is 26.2 Å². The molecular weight excluding hydrogens is 222 g/mol. The lowest BCUT2D eigenvalue weighted by molar-refractivity contribution is 0.272. The Morgan fingerprint density at radius 2 is 2.25 bits per heavy atom. The molecular formula is C12H20ClN3. The Morgan fingerprint density at radius 1 is 1.56 bits per heavy atom. The first kappa shape index (κ1) is 11.9. The maximum atomic E-state index is 6.24. The first-order chi connectivity index (χ1) is 7.59. The van der Waals surface area contributed by atoms with Gasteiger partial charge >= 0.3 is 0 Å². The van der Waals surface area contributed by atoms with Gasteiger partial charge < -0.3 is 5.73 Å². The molecule has 1 aromatic heterocycles. The molecule has 0 spiro atoms. The van der Waals surface area contributed by atoms with Crippen LogP contribution in [0.3, 0.4) is 0 Å². The van der Waals surface area contributed by atoms with Crippen LogP contribution < -0.4 is 5.73 Å². The van der Waals surface area contributed by atoms with E-state index in [0.717, 1.165) is 18.0 Å². The second-order valence-electron chi connectivity index (χ2n) is 5.06. The molecule has 1 aliphatic carbocycles. The summed E-state index contributed by atoms with van der Waals surface area (Å²) in [4.78, 5) is 0. The zero-order valence-electron chi connectivity index (χ0n) is 9.99. The first-order valence-corrected chi connectivity index (χ1v) is 6.46. The molecule has 1 aliphatic rings. The molecule has 0 aromatic carbocycles. The van der Waals surface area contributed by atoms with Crippen molar-refractivity contribution in [1.82, 2.24) is 9.78 Å². The van der Waals surface area contributed by atoms with E-state index >= 15 is 0 Å². The highest BCUT2D eigenvalue weighted by Gasteiger charge is 2.25. The maximum Gasteiger partial charge on any atom is 0.0834 e. The Balaban J connectivity index is 2.13. The molecule has 1 unspecified atom stereocenters. The number of rotatable bonds is 4. The summed E-state index contributed by atoms with van der Waals surface area (Å²) in [6.07, 6.45) is 6.74. The van der Waals surface area contributed by atoms with Crippen molar-refractivity contribution in [3.8, 4) is 0 Å². The van der Waals surface area contributed by atoms with E-state index in [2.05, 4.69) is 18.9 Å². The van der Waals surface area contributed by atoms with Gasteiger partial charge in [-0.2, -0.15) is 5.10 Å². The van der Waals surface area contributed by atoms with E-state index in [9.17, 15) is 0 Å². The summed E-state index contributed by atoms with van der Waals surface area (Å²) in [7, 11) is 0. The third-order valence-electron chi connectivity index (χ3n) is 3.44. The highest BCUT2D eigenvalue weighted by atomic mass is 35.5. The van der Waals surface area contributed by atoms with Crippen LogP contribution in [-0.4, -0.2) is 9.78 Å². The molecule has 1 saturated carbocycles. The third kappa shape index (κ3) is 2.25. The zero-order chi connectivity index (χ0) is 11.7. The summed E-state index contributed by atoms with van der Waals surface area (Å²) in [6.45, 7) is 4.20. The van der Waals surface area contributed by atoms with Crippen molar-refractivity contribution in [2.24, 2.45) is 11.7 Å². The molecule has 16 heavy (non-hydrogen) atoms. The van der Waals surface area contributed by atoms with Crippen molar-refractivity contribution in [3.05, 3.63) is 16.9 Å². The summed E-state index contributed by atoms with van der Waals surface area (Å²) in [5.74, 6) is 0.793. The van der Waals surface area contributed by atoms with Gasteiger partial charge in [0.05, 0.1) is 16.9 Å². The predicted molar refractivity (Wildman–Crippen MR) is 66.5 cm³/mol. The number of nitrogens with two attached hydrogens (primary N) is 1. The Kier molecular flexibility index (Phi) is 3.55. The lowest BCUT2D eigenvalue weighted by Gasteiger charge is -2.28. The maximum absolute atomic E-state index is 6.24. The largest absolute Gasteiger partial charge is 0.323 e. The zero-order valence-corrected chi connectivity index (χ0v) is 10.7. The molecule has 0 bridgehead atoms. The Morgan fingerprint density at radius 3 is 2.75 bits per heavy atom. The summed E-state index contributed by atoms with van der Waals surface area (Å²) in [5.41, 5.74) is 7.25. The normalized spacial score (nSPS) is 18.8. The van der Waals surface area contributed by atoms with Crippen LogP contribution in [0.4, 0.5) is 0 Å². The highest BCUT2D eigenvalue weighted by Crippen LogP contribution is 2.35. The molecule has 4 heteroatoms. The van der Waals surface area contributed by atoms with E-state index in [1.54, 1.807) is 6.20 Å².